The molecule has 0 N–H and O–H groups in total. The SMILES string of the molecule is CC1(C)OB(c2cc(-c3ccccc3)c(-c3cccc(-c4nc(-c5ccccc5)nc(-c5ccccc5)n4)c3)cc2-c2ccccc2)OC1(C)C. The molecule has 0 aliphatic carbocycles. The van der Waals surface area contributed by atoms with E-state index in [1.54, 1.807) is 0 Å². The van der Waals surface area contributed by atoms with Crippen LogP contribution in [0.2, 0.25) is 0 Å². The van der Waals surface area contributed by atoms with Crippen LogP contribution in [-0.2, 0) is 9.31 Å². The summed E-state index contributed by atoms with van der Waals surface area (Å²) in [5.74, 6) is 1.88. The fourth-order valence-corrected chi connectivity index (χ4v) is 6.51. The highest BCUT2D eigenvalue weighted by atomic mass is 16.7. The topological polar surface area (TPSA) is 57.1 Å². The molecule has 1 aliphatic heterocycles. The smallest absolute Gasteiger partial charge is 0.399 e. The Bertz CT molecular complexity index is 2240. The molecule has 1 aliphatic rings. The van der Waals surface area contributed by atoms with Gasteiger partial charge in [-0.3, -0.25) is 0 Å². The molecule has 51 heavy (non-hydrogen) atoms. The molecule has 6 aromatic carbocycles. The van der Waals surface area contributed by atoms with Crippen molar-refractivity contribution in [1.29, 1.82) is 0 Å². The van der Waals surface area contributed by atoms with E-state index < -0.39 is 18.3 Å². The van der Waals surface area contributed by atoms with Gasteiger partial charge in [0, 0.05) is 16.7 Å². The fourth-order valence-electron chi connectivity index (χ4n) is 6.51. The highest BCUT2D eigenvalue weighted by Gasteiger charge is 2.52. The summed E-state index contributed by atoms with van der Waals surface area (Å²) >= 11 is 0. The van der Waals surface area contributed by atoms with Gasteiger partial charge in [0.1, 0.15) is 0 Å². The van der Waals surface area contributed by atoms with Gasteiger partial charge in [0.25, 0.3) is 0 Å². The van der Waals surface area contributed by atoms with Gasteiger partial charge >= 0.3 is 7.12 Å². The molecule has 6 heteroatoms. The van der Waals surface area contributed by atoms with Crippen LogP contribution in [0.1, 0.15) is 27.7 Å². The summed E-state index contributed by atoms with van der Waals surface area (Å²) in [7, 11) is -0.536. The lowest BCUT2D eigenvalue weighted by Crippen LogP contribution is -2.41. The van der Waals surface area contributed by atoms with E-state index in [4.69, 9.17) is 24.3 Å². The van der Waals surface area contributed by atoms with Gasteiger partial charge in [0.05, 0.1) is 11.2 Å². The minimum Gasteiger partial charge on any atom is -0.399 e. The van der Waals surface area contributed by atoms with Crippen LogP contribution in [0.5, 0.6) is 0 Å². The largest absolute Gasteiger partial charge is 0.495 e. The molecule has 5 nitrogen and oxygen atoms in total. The molecular weight excluding hydrogens is 625 g/mol. The summed E-state index contributed by atoms with van der Waals surface area (Å²) in [6, 6.07) is 54.2. The van der Waals surface area contributed by atoms with E-state index in [1.165, 1.54) is 0 Å². The Hall–Kier alpha value is -5.69. The molecule has 2 heterocycles. The average molecular weight is 664 g/mol. The second-order valence-corrected chi connectivity index (χ2v) is 13.9. The van der Waals surface area contributed by atoms with E-state index in [1.807, 2.05) is 72.8 Å². The highest BCUT2D eigenvalue weighted by Crippen LogP contribution is 2.41. The van der Waals surface area contributed by atoms with Crippen molar-refractivity contribution in [3.05, 3.63) is 158 Å². The number of nitrogens with zero attached hydrogens (tertiary/aromatic N) is 3. The van der Waals surface area contributed by atoms with Crippen molar-refractivity contribution in [2.45, 2.75) is 38.9 Å². The number of rotatable bonds is 7. The summed E-state index contributed by atoms with van der Waals surface area (Å²) in [4.78, 5) is 14.9. The first kappa shape index (κ1) is 32.5. The molecule has 0 unspecified atom stereocenters. The van der Waals surface area contributed by atoms with Crippen molar-refractivity contribution in [1.82, 2.24) is 15.0 Å². The number of aromatic nitrogens is 3. The van der Waals surface area contributed by atoms with Crippen LogP contribution >= 0.6 is 0 Å². The first-order valence-corrected chi connectivity index (χ1v) is 17.4. The average Bonchev–Trinajstić information content (AvgIpc) is 3.41. The third kappa shape index (κ3) is 6.40. The first-order chi connectivity index (χ1) is 24.8. The van der Waals surface area contributed by atoms with Crippen LogP contribution in [0.3, 0.4) is 0 Å². The Kier molecular flexibility index (Phi) is 8.43. The van der Waals surface area contributed by atoms with Gasteiger partial charge in [-0.15, -0.1) is 0 Å². The summed E-state index contributed by atoms with van der Waals surface area (Å²) in [5, 5.41) is 0. The van der Waals surface area contributed by atoms with Crippen LogP contribution < -0.4 is 5.46 Å². The lowest BCUT2D eigenvalue weighted by molar-refractivity contribution is 0.00578. The van der Waals surface area contributed by atoms with Gasteiger partial charge in [-0.25, -0.2) is 15.0 Å². The molecule has 1 fully saturated rings. The van der Waals surface area contributed by atoms with Crippen molar-refractivity contribution in [2.24, 2.45) is 0 Å². The standard InChI is InChI=1S/C45H38BN3O2/c1-44(2)45(3,4)51-46(50-44)40-30-38(31-18-9-5-10-19-31)37(29-39(40)32-20-11-6-12-21-32)35-26-17-27-36(28-35)43-48-41(33-22-13-7-14-23-33)47-42(49-43)34-24-15-8-16-25-34/h5-30H,1-4H3. The minimum absolute atomic E-state index is 0.479. The number of benzene rings is 6. The normalized spacial score (nSPS) is 14.8. The van der Waals surface area contributed by atoms with Gasteiger partial charge < -0.3 is 9.31 Å². The maximum atomic E-state index is 6.68. The minimum atomic E-state index is -0.536. The van der Waals surface area contributed by atoms with Gasteiger partial charge in [-0.1, -0.05) is 146 Å². The molecule has 8 rings (SSSR count). The van der Waals surface area contributed by atoms with Crippen molar-refractivity contribution in [3.63, 3.8) is 0 Å². The Morgan fingerprint density at radius 1 is 0.373 bits per heavy atom. The van der Waals surface area contributed by atoms with E-state index in [2.05, 4.69) is 113 Å². The fraction of sp³-hybridized carbons (Fsp3) is 0.133. The van der Waals surface area contributed by atoms with E-state index >= 15 is 0 Å². The predicted octanol–water partition coefficient (Wildman–Crippen LogP) is 10.2. The zero-order chi connectivity index (χ0) is 35.0. The molecule has 0 saturated carbocycles. The first-order valence-electron chi connectivity index (χ1n) is 17.4. The summed E-state index contributed by atoms with van der Waals surface area (Å²) in [6.45, 7) is 8.39. The van der Waals surface area contributed by atoms with Crippen molar-refractivity contribution < 1.29 is 9.31 Å². The molecule has 248 valence electrons. The zero-order valence-corrected chi connectivity index (χ0v) is 29.2. The number of hydrogen-bond donors (Lipinski definition) is 0. The molecule has 0 spiro atoms. The van der Waals surface area contributed by atoms with Gasteiger partial charge in [0.2, 0.25) is 0 Å². The predicted molar refractivity (Wildman–Crippen MR) is 208 cm³/mol. The molecular formula is C45H38BN3O2. The monoisotopic (exact) mass is 663 g/mol. The van der Waals surface area contributed by atoms with Crippen molar-refractivity contribution >= 4 is 12.6 Å². The van der Waals surface area contributed by atoms with Crippen LogP contribution in [0.15, 0.2) is 158 Å². The van der Waals surface area contributed by atoms with Crippen molar-refractivity contribution in [3.8, 4) is 67.5 Å². The molecule has 0 amide bonds. The van der Waals surface area contributed by atoms with E-state index in [-0.39, 0.29) is 0 Å². The molecule has 1 saturated heterocycles. The quantitative estimate of drug-likeness (QED) is 0.159. The Labute approximate surface area is 300 Å². The maximum Gasteiger partial charge on any atom is 0.495 e. The summed E-state index contributed by atoms with van der Waals surface area (Å²) < 4.78 is 13.4. The van der Waals surface area contributed by atoms with Crippen LogP contribution in [0, 0.1) is 0 Å². The zero-order valence-electron chi connectivity index (χ0n) is 29.2. The Balaban J connectivity index is 1.32. The van der Waals surface area contributed by atoms with Gasteiger partial charge in [0.15, 0.2) is 17.5 Å². The van der Waals surface area contributed by atoms with E-state index in [0.29, 0.717) is 17.5 Å². The summed E-state index contributed by atoms with van der Waals surface area (Å²) in [5.41, 5.74) is 9.30. The van der Waals surface area contributed by atoms with Crippen LogP contribution in [-0.4, -0.2) is 33.3 Å². The molecule has 0 bridgehead atoms. The Morgan fingerprint density at radius 3 is 1.24 bits per heavy atom. The summed E-state index contributed by atoms with van der Waals surface area (Å²) in [6.07, 6.45) is 0. The van der Waals surface area contributed by atoms with Crippen molar-refractivity contribution in [2.75, 3.05) is 0 Å². The highest BCUT2D eigenvalue weighted by molar-refractivity contribution is 6.64. The third-order valence-corrected chi connectivity index (χ3v) is 10.00. The lowest BCUT2D eigenvalue weighted by atomic mass is 9.72. The number of hydrogen-bond acceptors (Lipinski definition) is 5. The molecule has 1 aromatic heterocycles. The molecule has 0 atom stereocenters. The Morgan fingerprint density at radius 2 is 0.745 bits per heavy atom. The second kappa shape index (κ2) is 13.2. The van der Waals surface area contributed by atoms with Crippen LogP contribution in [0.4, 0.5) is 0 Å². The lowest BCUT2D eigenvalue weighted by Gasteiger charge is -2.32. The third-order valence-electron chi connectivity index (χ3n) is 10.00. The molecule has 7 aromatic rings. The van der Waals surface area contributed by atoms with Crippen LogP contribution in [0.25, 0.3) is 67.5 Å². The van der Waals surface area contributed by atoms with Gasteiger partial charge in [-0.05, 0) is 78.7 Å². The second-order valence-electron chi connectivity index (χ2n) is 13.9. The maximum absolute atomic E-state index is 6.68. The van der Waals surface area contributed by atoms with Gasteiger partial charge in [-0.2, -0.15) is 0 Å². The molecule has 0 radical (unpaired) electrons. The van der Waals surface area contributed by atoms with E-state index in [9.17, 15) is 0 Å². The van der Waals surface area contributed by atoms with E-state index in [0.717, 1.165) is 55.5 Å².